The summed E-state index contributed by atoms with van der Waals surface area (Å²) in [5, 5.41) is 6.63. The van der Waals surface area contributed by atoms with E-state index in [1.54, 1.807) is 0 Å². The summed E-state index contributed by atoms with van der Waals surface area (Å²) in [5.41, 5.74) is 1.25. The summed E-state index contributed by atoms with van der Waals surface area (Å²) < 4.78 is 32.8. The van der Waals surface area contributed by atoms with Crippen molar-refractivity contribution in [2.24, 2.45) is 5.16 Å². The van der Waals surface area contributed by atoms with Crippen molar-refractivity contribution in [3.8, 4) is 5.75 Å². The molecular weight excluding hydrogens is 342 g/mol. The molecule has 4 rings (SSSR count). The summed E-state index contributed by atoms with van der Waals surface area (Å²) in [4.78, 5) is 17.6. The molecule has 2 aliphatic heterocycles. The summed E-state index contributed by atoms with van der Waals surface area (Å²) in [6.07, 6.45) is -0.137. The van der Waals surface area contributed by atoms with E-state index in [1.807, 2.05) is 24.3 Å². The summed E-state index contributed by atoms with van der Waals surface area (Å²) >= 11 is 0. The maximum absolute atomic E-state index is 13.8. The molecule has 0 aliphatic carbocycles. The van der Waals surface area contributed by atoms with Crippen LogP contribution in [0.15, 0.2) is 47.6 Å². The Bertz CT molecular complexity index is 885. The van der Waals surface area contributed by atoms with E-state index in [1.165, 1.54) is 0 Å². The molecule has 0 bridgehead atoms. The molecule has 2 aliphatic rings. The fourth-order valence-electron chi connectivity index (χ4n) is 3.11. The maximum Gasteiger partial charge on any atom is 0.264 e. The summed E-state index contributed by atoms with van der Waals surface area (Å²) in [6, 6.07) is 10.6. The smallest absolute Gasteiger partial charge is 0.264 e. The molecule has 0 saturated heterocycles. The average Bonchev–Trinajstić information content (AvgIpc) is 3.14. The quantitative estimate of drug-likeness (QED) is 0.917. The third-order valence-electron chi connectivity index (χ3n) is 4.43. The Labute approximate surface area is 148 Å². The molecule has 134 valence electrons. The molecule has 2 atom stereocenters. The fraction of sp³-hybridized carbons (Fsp3) is 0.263. The van der Waals surface area contributed by atoms with Gasteiger partial charge in [-0.15, -0.1) is 0 Å². The minimum Gasteiger partial charge on any atom is -0.491 e. The van der Waals surface area contributed by atoms with Gasteiger partial charge in [0.05, 0.1) is 11.8 Å². The molecule has 0 radical (unpaired) electrons. The maximum atomic E-state index is 13.8. The van der Waals surface area contributed by atoms with E-state index in [9.17, 15) is 13.6 Å². The molecule has 26 heavy (non-hydrogen) atoms. The Hall–Kier alpha value is -2.96. The lowest BCUT2D eigenvalue weighted by atomic mass is 10.0. The molecule has 2 aromatic carbocycles. The Morgan fingerprint density at radius 1 is 1.15 bits per heavy atom. The zero-order valence-corrected chi connectivity index (χ0v) is 13.7. The first kappa shape index (κ1) is 16.5. The molecule has 0 fully saturated rings. The van der Waals surface area contributed by atoms with E-state index in [2.05, 4.69) is 10.5 Å². The Kier molecular flexibility index (Phi) is 4.28. The van der Waals surface area contributed by atoms with E-state index in [0.717, 1.165) is 29.5 Å². The number of rotatable bonds is 3. The summed E-state index contributed by atoms with van der Waals surface area (Å²) in [7, 11) is 0. The molecule has 5 nitrogen and oxygen atoms in total. The standard InChI is InChI=1S/C19H16F2N2O3/c20-12-5-6-15(21)14(8-12)16-9-18(26-23-16)19(24)22-13-7-11-3-1-2-4-17(11)25-10-13/h1-6,8,13,18H,7,9-10H2,(H,22,24)/t13-,18+/m0/s1. The number of oxime groups is 1. The molecule has 0 spiro atoms. The normalized spacial score (nSPS) is 21.2. The molecule has 2 aromatic rings. The van der Waals surface area contributed by atoms with Gasteiger partial charge in [-0.05, 0) is 36.2 Å². The highest BCUT2D eigenvalue weighted by atomic mass is 19.1. The highest BCUT2D eigenvalue weighted by Crippen LogP contribution is 2.25. The number of nitrogens with zero attached hydrogens (tertiary/aromatic N) is 1. The summed E-state index contributed by atoms with van der Waals surface area (Å²) in [5.74, 6) is -0.710. The van der Waals surface area contributed by atoms with Crippen LogP contribution in [0, 0.1) is 11.6 Å². The number of fused-ring (bicyclic) bond motifs is 1. The second-order valence-corrected chi connectivity index (χ2v) is 6.29. The lowest BCUT2D eigenvalue weighted by molar-refractivity contribution is -0.132. The van der Waals surface area contributed by atoms with Crippen molar-refractivity contribution >= 4 is 11.6 Å². The first-order valence-electron chi connectivity index (χ1n) is 8.29. The highest BCUT2D eigenvalue weighted by Gasteiger charge is 2.32. The predicted molar refractivity (Wildman–Crippen MR) is 90.0 cm³/mol. The topological polar surface area (TPSA) is 59.9 Å². The van der Waals surface area contributed by atoms with Crippen LogP contribution in [0.1, 0.15) is 17.5 Å². The van der Waals surface area contributed by atoms with Crippen molar-refractivity contribution < 1.29 is 23.1 Å². The number of amides is 1. The van der Waals surface area contributed by atoms with Crippen LogP contribution in [-0.4, -0.2) is 30.4 Å². The van der Waals surface area contributed by atoms with Gasteiger partial charge in [0, 0.05) is 12.0 Å². The number of benzene rings is 2. The van der Waals surface area contributed by atoms with Crippen LogP contribution in [-0.2, 0) is 16.1 Å². The fourth-order valence-corrected chi connectivity index (χ4v) is 3.11. The molecule has 0 unspecified atom stereocenters. The van der Waals surface area contributed by atoms with Crippen LogP contribution in [0.5, 0.6) is 5.75 Å². The van der Waals surface area contributed by atoms with E-state index in [0.29, 0.717) is 13.0 Å². The molecule has 0 aromatic heterocycles. The number of hydrogen-bond acceptors (Lipinski definition) is 4. The molecule has 1 N–H and O–H groups in total. The monoisotopic (exact) mass is 358 g/mol. The third kappa shape index (κ3) is 3.24. The SMILES string of the molecule is O=C(N[C@@H]1COc2ccccc2C1)[C@H]1CC(c2cc(F)ccc2F)=NO1. The van der Waals surface area contributed by atoms with Crippen molar-refractivity contribution in [3.05, 3.63) is 65.2 Å². The Balaban J connectivity index is 1.38. The van der Waals surface area contributed by atoms with Crippen molar-refractivity contribution in [1.82, 2.24) is 5.32 Å². The van der Waals surface area contributed by atoms with Crippen LogP contribution >= 0.6 is 0 Å². The lowest BCUT2D eigenvalue weighted by Crippen LogP contribution is -2.46. The van der Waals surface area contributed by atoms with Crippen molar-refractivity contribution in [2.75, 3.05) is 6.61 Å². The van der Waals surface area contributed by atoms with Gasteiger partial charge in [-0.1, -0.05) is 23.4 Å². The number of nitrogens with one attached hydrogen (secondary N) is 1. The van der Waals surface area contributed by atoms with Crippen molar-refractivity contribution in [1.29, 1.82) is 0 Å². The zero-order valence-electron chi connectivity index (χ0n) is 13.7. The largest absolute Gasteiger partial charge is 0.491 e. The first-order chi connectivity index (χ1) is 12.6. The van der Waals surface area contributed by atoms with Gasteiger partial charge in [-0.2, -0.15) is 0 Å². The number of halogens is 2. The van der Waals surface area contributed by atoms with Crippen molar-refractivity contribution in [2.45, 2.75) is 25.0 Å². The number of ether oxygens (including phenoxy) is 1. The molecular formula is C19H16F2N2O3. The lowest BCUT2D eigenvalue weighted by Gasteiger charge is -2.26. The van der Waals surface area contributed by atoms with Crippen LogP contribution in [0.2, 0.25) is 0 Å². The van der Waals surface area contributed by atoms with E-state index in [4.69, 9.17) is 9.57 Å². The minimum absolute atomic E-state index is 0.00947. The molecule has 1 amide bonds. The van der Waals surface area contributed by atoms with E-state index >= 15 is 0 Å². The number of carbonyl (C=O) groups is 1. The molecule has 2 heterocycles. The van der Waals surface area contributed by atoms with Crippen LogP contribution < -0.4 is 10.1 Å². The Morgan fingerprint density at radius 3 is 2.88 bits per heavy atom. The van der Waals surface area contributed by atoms with E-state index < -0.39 is 17.7 Å². The number of carbonyl (C=O) groups excluding carboxylic acids is 1. The van der Waals surface area contributed by atoms with Crippen LogP contribution in [0.4, 0.5) is 8.78 Å². The van der Waals surface area contributed by atoms with Gasteiger partial charge in [0.1, 0.15) is 24.0 Å². The van der Waals surface area contributed by atoms with E-state index in [-0.39, 0.29) is 29.6 Å². The minimum atomic E-state index is -0.871. The second kappa shape index (κ2) is 6.74. The van der Waals surface area contributed by atoms with Crippen molar-refractivity contribution in [3.63, 3.8) is 0 Å². The van der Waals surface area contributed by atoms with Crippen LogP contribution in [0.25, 0.3) is 0 Å². The number of hydrogen-bond donors (Lipinski definition) is 1. The molecule has 7 heteroatoms. The van der Waals surface area contributed by atoms with Gasteiger partial charge in [0.15, 0.2) is 0 Å². The van der Waals surface area contributed by atoms with Gasteiger partial charge < -0.3 is 14.9 Å². The van der Waals surface area contributed by atoms with Gasteiger partial charge in [-0.3, -0.25) is 4.79 Å². The third-order valence-corrected chi connectivity index (χ3v) is 4.43. The van der Waals surface area contributed by atoms with Gasteiger partial charge in [0.2, 0.25) is 6.10 Å². The van der Waals surface area contributed by atoms with Crippen LogP contribution in [0.3, 0.4) is 0 Å². The predicted octanol–water partition coefficient (Wildman–Crippen LogP) is 2.58. The highest BCUT2D eigenvalue weighted by molar-refractivity contribution is 6.04. The second-order valence-electron chi connectivity index (χ2n) is 6.29. The first-order valence-corrected chi connectivity index (χ1v) is 8.29. The van der Waals surface area contributed by atoms with Gasteiger partial charge in [-0.25, -0.2) is 8.78 Å². The molecule has 0 saturated carbocycles. The zero-order chi connectivity index (χ0) is 18.1. The summed E-state index contributed by atoms with van der Waals surface area (Å²) in [6.45, 7) is 0.363. The number of para-hydroxylation sites is 1. The average molecular weight is 358 g/mol. The van der Waals surface area contributed by atoms with Gasteiger partial charge >= 0.3 is 0 Å². The van der Waals surface area contributed by atoms with Gasteiger partial charge in [0.25, 0.3) is 5.91 Å². The Morgan fingerprint density at radius 2 is 2.00 bits per heavy atom.